The van der Waals surface area contributed by atoms with E-state index < -0.39 is 0 Å². The van der Waals surface area contributed by atoms with Crippen LogP contribution in [0.1, 0.15) is 30.5 Å². The summed E-state index contributed by atoms with van der Waals surface area (Å²) in [6.45, 7) is 4.50. The first-order chi connectivity index (χ1) is 27.9. The number of hydrogen-bond acceptors (Lipinski definition) is 5. The van der Waals surface area contributed by atoms with E-state index in [-0.39, 0.29) is 5.41 Å². The Hall–Kier alpha value is -7.55. The Morgan fingerprint density at radius 1 is 0.421 bits per heavy atom. The number of aromatic nitrogens is 4. The fourth-order valence-electron chi connectivity index (χ4n) is 8.16. The molecule has 268 valence electrons. The van der Waals surface area contributed by atoms with Crippen LogP contribution in [-0.4, -0.2) is 19.9 Å². The molecule has 1 aliphatic rings. The average Bonchev–Trinajstić information content (AvgIpc) is 3.51. The summed E-state index contributed by atoms with van der Waals surface area (Å²) in [6.07, 6.45) is 3.46. The van der Waals surface area contributed by atoms with Crippen molar-refractivity contribution in [2.75, 3.05) is 0 Å². The Kier molecular flexibility index (Phi) is 8.13. The van der Waals surface area contributed by atoms with Crippen LogP contribution in [0.15, 0.2) is 176 Å². The number of hydrogen-bond donors (Lipinski definition) is 0. The minimum Gasteiger partial charge on any atom is -0.253 e. The van der Waals surface area contributed by atoms with E-state index in [1.807, 2.05) is 42.5 Å². The number of nitrogens with zero attached hydrogens (tertiary/aromatic N) is 5. The molecule has 7 aromatic carbocycles. The molecule has 0 N–H and O–H groups in total. The van der Waals surface area contributed by atoms with Gasteiger partial charge in [0.15, 0.2) is 5.82 Å². The van der Waals surface area contributed by atoms with E-state index in [2.05, 4.69) is 151 Å². The van der Waals surface area contributed by atoms with Gasteiger partial charge in [0.25, 0.3) is 0 Å². The van der Waals surface area contributed by atoms with E-state index in [1.54, 1.807) is 12.4 Å². The standard InChI is InChI=1S/C52H35N5/c1-52(2)45-25-33(32-53)13-20-43(45)44-21-18-38(29-46(44)52)40-26-41(39-19-22-47-50(30-39)55-24-23-54-47)28-42(27-40)49-31-48(56-51(57-49)37-11-7-4-8-12-37)36-16-14-35(15-17-36)34-9-5-3-6-10-34/h3-31H,1-2H3. The molecule has 0 fully saturated rings. The second-order valence-corrected chi connectivity index (χ2v) is 15.1. The first kappa shape index (κ1) is 34.0. The van der Waals surface area contributed by atoms with Crippen LogP contribution < -0.4 is 0 Å². The third-order valence-corrected chi connectivity index (χ3v) is 11.2. The van der Waals surface area contributed by atoms with Gasteiger partial charge in [0.1, 0.15) is 0 Å². The van der Waals surface area contributed by atoms with E-state index in [9.17, 15) is 5.26 Å². The fourth-order valence-corrected chi connectivity index (χ4v) is 8.16. The summed E-state index contributed by atoms with van der Waals surface area (Å²) in [5.41, 5.74) is 18.1. The molecule has 0 aliphatic heterocycles. The predicted molar refractivity (Wildman–Crippen MR) is 230 cm³/mol. The van der Waals surface area contributed by atoms with Crippen molar-refractivity contribution in [3.63, 3.8) is 0 Å². The Bertz CT molecular complexity index is 3040. The maximum atomic E-state index is 9.70. The summed E-state index contributed by atoms with van der Waals surface area (Å²) in [7, 11) is 0. The number of fused-ring (bicyclic) bond motifs is 4. The molecule has 0 spiro atoms. The number of benzene rings is 7. The lowest BCUT2D eigenvalue weighted by molar-refractivity contribution is 0.660. The molecule has 10 rings (SSSR count). The van der Waals surface area contributed by atoms with Crippen molar-refractivity contribution in [2.45, 2.75) is 19.3 Å². The molecule has 0 saturated carbocycles. The van der Waals surface area contributed by atoms with Gasteiger partial charge in [0.05, 0.1) is 34.1 Å². The van der Waals surface area contributed by atoms with Crippen LogP contribution in [-0.2, 0) is 5.41 Å². The minimum absolute atomic E-state index is 0.271. The van der Waals surface area contributed by atoms with Gasteiger partial charge >= 0.3 is 0 Å². The van der Waals surface area contributed by atoms with Crippen LogP contribution in [0.3, 0.4) is 0 Å². The minimum atomic E-state index is -0.271. The van der Waals surface area contributed by atoms with E-state index in [0.29, 0.717) is 11.4 Å². The second kappa shape index (κ2) is 13.6. The van der Waals surface area contributed by atoms with Crippen molar-refractivity contribution >= 4 is 11.0 Å². The quantitative estimate of drug-likeness (QED) is 0.170. The maximum Gasteiger partial charge on any atom is 0.160 e. The summed E-state index contributed by atoms with van der Waals surface area (Å²) < 4.78 is 0. The Morgan fingerprint density at radius 2 is 0.947 bits per heavy atom. The highest BCUT2D eigenvalue weighted by molar-refractivity contribution is 5.88. The van der Waals surface area contributed by atoms with Crippen LogP contribution in [0.5, 0.6) is 0 Å². The van der Waals surface area contributed by atoms with Gasteiger partial charge in [0.2, 0.25) is 0 Å². The molecule has 5 nitrogen and oxygen atoms in total. The van der Waals surface area contributed by atoms with Gasteiger partial charge in [-0.05, 0) is 110 Å². The van der Waals surface area contributed by atoms with Crippen LogP contribution in [0.4, 0.5) is 0 Å². The van der Waals surface area contributed by atoms with E-state index in [0.717, 1.165) is 66.9 Å². The molecule has 57 heavy (non-hydrogen) atoms. The van der Waals surface area contributed by atoms with Crippen molar-refractivity contribution in [1.82, 2.24) is 19.9 Å². The highest BCUT2D eigenvalue weighted by Gasteiger charge is 2.36. The zero-order valence-electron chi connectivity index (χ0n) is 31.5. The molecule has 0 bridgehead atoms. The van der Waals surface area contributed by atoms with Crippen LogP contribution >= 0.6 is 0 Å². The van der Waals surface area contributed by atoms with Crippen molar-refractivity contribution < 1.29 is 0 Å². The molecule has 1 aliphatic carbocycles. The molecule has 2 aromatic heterocycles. The highest BCUT2D eigenvalue weighted by Crippen LogP contribution is 2.50. The lowest BCUT2D eigenvalue weighted by Gasteiger charge is -2.22. The molecule has 5 heteroatoms. The van der Waals surface area contributed by atoms with Gasteiger partial charge in [-0.15, -0.1) is 0 Å². The Morgan fingerprint density at radius 3 is 1.65 bits per heavy atom. The van der Waals surface area contributed by atoms with Crippen LogP contribution in [0.25, 0.3) is 89.4 Å². The van der Waals surface area contributed by atoms with E-state index in [4.69, 9.17) is 9.97 Å². The Labute approximate surface area is 331 Å². The molecule has 9 aromatic rings. The van der Waals surface area contributed by atoms with Crippen molar-refractivity contribution in [3.05, 3.63) is 193 Å². The summed E-state index contributed by atoms with van der Waals surface area (Å²) in [5.74, 6) is 0.664. The van der Waals surface area contributed by atoms with Crippen molar-refractivity contribution in [1.29, 1.82) is 5.26 Å². The molecular formula is C52H35N5. The normalized spacial score (nSPS) is 12.5. The average molecular weight is 730 g/mol. The van der Waals surface area contributed by atoms with E-state index >= 15 is 0 Å². The summed E-state index contributed by atoms with van der Waals surface area (Å²) in [6, 6.07) is 59.4. The van der Waals surface area contributed by atoms with Crippen molar-refractivity contribution in [3.8, 4) is 84.5 Å². The van der Waals surface area contributed by atoms with Gasteiger partial charge < -0.3 is 0 Å². The monoisotopic (exact) mass is 729 g/mol. The summed E-state index contributed by atoms with van der Waals surface area (Å²) >= 11 is 0. The van der Waals surface area contributed by atoms with Gasteiger partial charge in [-0.25, -0.2) is 9.97 Å². The second-order valence-electron chi connectivity index (χ2n) is 15.1. The fraction of sp³-hybridized carbons (Fsp3) is 0.0577. The van der Waals surface area contributed by atoms with Crippen molar-refractivity contribution in [2.24, 2.45) is 0 Å². The van der Waals surface area contributed by atoms with Gasteiger partial charge in [-0.1, -0.05) is 123 Å². The number of nitriles is 1. The summed E-state index contributed by atoms with van der Waals surface area (Å²) in [5, 5.41) is 9.70. The molecular weight excluding hydrogens is 695 g/mol. The molecule has 0 unspecified atom stereocenters. The third-order valence-electron chi connectivity index (χ3n) is 11.2. The molecule has 0 saturated heterocycles. The lowest BCUT2D eigenvalue weighted by Crippen LogP contribution is -2.15. The number of rotatable bonds is 6. The zero-order chi connectivity index (χ0) is 38.5. The van der Waals surface area contributed by atoms with Crippen LogP contribution in [0.2, 0.25) is 0 Å². The first-order valence-corrected chi connectivity index (χ1v) is 19.1. The highest BCUT2D eigenvalue weighted by atomic mass is 14.9. The van der Waals surface area contributed by atoms with Gasteiger partial charge in [-0.2, -0.15) is 5.26 Å². The zero-order valence-corrected chi connectivity index (χ0v) is 31.5. The first-order valence-electron chi connectivity index (χ1n) is 19.1. The maximum absolute atomic E-state index is 9.70. The molecule has 0 atom stereocenters. The third kappa shape index (κ3) is 6.14. The summed E-state index contributed by atoms with van der Waals surface area (Å²) in [4.78, 5) is 19.5. The van der Waals surface area contributed by atoms with Crippen LogP contribution in [0, 0.1) is 11.3 Å². The SMILES string of the molecule is CC1(C)c2cc(C#N)ccc2-c2ccc(-c3cc(-c4ccc5nccnc5c4)cc(-c4cc(-c5ccc(-c6ccccc6)cc5)nc(-c5ccccc5)n4)c3)cc21. The van der Waals surface area contributed by atoms with Gasteiger partial charge in [0, 0.05) is 34.5 Å². The van der Waals surface area contributed by atoms with E-state index in [1.165, 1.54) is 27.8 Å². The molecule has 0 amide bonds. The molecule has 2 heterocycles. The topological polar surface area (TPSA) is 75.3 Å². The molecule has 0 radical (unpaired) electrons. The lowest BCUT2D eigenvalue weighted by atomic mass is 9.81. The predicted octanol–water partition coefficient (Wildman–Crippen LogP) is 12.6. The smallest absolute Gasteiger partial charge is 0.160 e. The largest absolute Gasteiger partial charge is 0.253 e. The Balaban J connectivity index is 1.15. The van der Waals surface area contributed by atoms with Gasteiger partial charge in [-0.3, -0.25) is 9.97 Å².